The van der Waals surface area contributed by atoms with E-state index in [9.17, 15) is 4.79 Å². The number of amides is 1. The Morgan fingerprint density at radius 2 is 1.96 bits per heavy atom. The summed E-state index contributed by atoms with van der Waals surface area (Å²) in [6, 6.07) is 13.6. The van der Waals surface area contributed by atoms with E-state index in [2.05, 4.69) is 15.3 Å². The van der Waals surface area contributed by atoms with E-state index < -0.39 is 0 Å². The maximum absolute atomic E-state index is 12.5. The Labute approximate surface area is 157 Å². The maximum atomic E-state index is 12.5. The van der Waals surface area contributed by atoms with Crippen molar-refractivity contribution in [1.29, 1.82) is 0 Å². The highest BCUT2D eigenvalue weighted by molar-refractivity contribution is 5.79. The number of pyridine rings is 1. The minimum Gasteiger partial charge on any atom is -0.487 e. The first kappa shape index (κ1) is 17.2. The van der Waals surface area contributed by atoms with Gasteiger partial charge >= 0.3 is 0 Å². The van der Waals surface area contributed by atoms with Crippen molar-refractivity contribution >= 4 is 5.91 Å². The molecule has 3 heterocycles. The summed E-state index contributed by atoms with van der Waals surface area (Å²) < 4.78 is 7.52. The van der Waals surface area contributed by atoms with Crippen molar-refractivity contribution < 1.29 is 9.53 Å². The monoisotopic (exact) mass is 363 g/mol. The van der Waals surface area contributed by atoms with Gasteiger partial charge in [-0.2, -0.15) is 0 Å². The van der Waals surface area contributed by atoms with Crippen LogP contribution < -0.4 is 4.74 Å². The second-order valence-electron chi connectivity index (χ2n) is 6.61. The minimum atomic E-state index is 0.157. The van der Waals surface area contributed by atoms with Crippen LogP contribution in [0.2, 0.25) is 0 Å². The molecule has 1 aromatic carbocycles. The van der Waals surface area contributed by atoms with Crippen molar-refractivity contribution in [2.45, 2.75) is 25.5 Å². The van der Waals surface area contributed by atoms with Crippen LogP contribution in [0.5, 0.6) is 5.75 Å². The molecule has 1 atom stereocenters. The molecule has 7 nitrogen and oxygen atoms in total. The summed E-state index contributed by atoms with van der Waals surface area (Å²) in [6.07, 6.45) is 6.60. The number of hydrogen-bond donors (Lipinski definition) is 0. The van der Waals surface area contributed by atoms with Crippen LogP contribution >= 0.6 is 0 Å². The first-order chi connectivity index (χ1) is 13.3. The summed E-state index contributed by atoms with van der Waals surface area (Å²) in [5, 5.41) is 8.41. The number of aromatic nitrogens is 4. The SMILES string of the molecule is O=C(Cc1ccccc1)N1CCC(n2cc(COc3ccncc3)nn2)C1. The molecule has 1 saturated heterocycles. The van der Waals surface area contributed by atoms with Crippen molar-refractivity contribution in [3.8, 4) is 5.75 Å². The average molecular weight is 363 g/mol. The van der Waals surface area contributed by atoms with E-state index in [1.807, 2.05) is 46.1 Å². The Bertz CT molecular complexity index is 882. The van der Waals surface area contributed by atoms with Gasteiger partial charge in [-0.15, -0.1) is 5.10 Å². The summed E-state index contributed by atoms with van der Waals surface area (Å²) in [4.78, 5) is 18.4. The van der Waals surface area contributed by atoms with Gasteiger partial charge < -0.3 is 9.64 Å². The van der Waals surface area contributed by atoms with Crippen LogP contribution in [0.15, 0.2) is 61.1 Å². The smallest absolute Gasteiger partial charge is 0.227 e. The molecular weight excluding hydrogens is 342 g/mol. The van der Waals surface area contributed by atoms with Gasteiger partial charge in [0.2, 0.25) is 5.91 Å². The molecule has 1 unspecified atom stereocenters. The summed E-state index contributed by atoms with van der Waals surface area (Å²) in [5.41, 5.74) is 1.81. The first-order valence-electron chi connectivity index (χ1n) is 9.03. The Morgan fingerprint density at radius 3 is 2.78 bits per heavy atom. The lowest BCUT2D eigenvalue weighted by atomic mass is 10.1. The third-order valence-corrected chi connectivity index (χ3v) is 4.68. The van der Waals surface area contributed by atoms with E-state index in [0.29, 0.717) is 19.6 Å². The molecule has 0 N–H and O–H groups in total. The van der Waals surface area contributed by atoms with E-state index >= 15 is 0 Å². The lowest BCUT2D eigenvalue weighted by Crippen LogP contribution is -2.30. The molecule has 0 bridgehead atoms. The van der Waals surface area contributed by atoms with Crippen molar-refractivity contribution in [1.82, 2.24) is 24.9 Å². The van der Waals surface area contributed by atoms with Crippen molar-refractivity contribution in [3.63, 3.8) is 0 Å². The van der Waals surface area contributed by atoms with E-state index in [4.69, 9.17) is 4.74 Å². The topological polar surface area (TPSA) is 73.1 Å². The Balaban J connectivity index is 1.31. The van der Waals surface area contributed by atoms with Crippen molar-refractivity contribution in [2.24, 2.45) is 0 Å². The lowest BCUT2D eigenvalue weighted by Gasteiger charge is -2.16. The van der Waals surface area contributed by atoms with E-state index in [0.717, 1.165) is 30.0 Å². The second-order valence-corrected chi connectivity index (χ2v) is 6.61. The average Bonchev–Trinajstić information content (AvgIpc) is 3.37. The minimum absolute atomic E-state index is 0.157. The third-order valence-electron chi connectivity index (χ3n) is 4.68. The molecule has 27 heavy (non-hydrogen) atoms. The number of likely N-dealkylation sites (tertiary alicyclic amines) is 1. The van der Waals surface area contributed by atoms with E-state index in [1.165, 1.54) is 0 Å². The number of carbonyl (C=O) groups excluding carboxylic acids is 1. The molecule has 1 aliphatic rings. The van der Waals surface area contributed by atoms with Crippen LogP contribution in [0.1, 0.15) is 23.7 Å². The van der Waals surface area contributed by atoms with Gasteiger partial charge in [0, 0.05) is 25.5 Å². The Kier molecular flexibility index (Phi) is 5.09. The van der Waals surface area contributed by atoms with Crippen LogP contribution in [0.3, 0.4) is 0 Å². The van der Waals surface area contributed by atoms with Gasteiger partial charge in [-0.1, -0.05) is 35.5 Å². The first-order valence-corrected chi connectivity index (χ1v) is 9.03. The molecule has 4 rings (SSSR count). The molecular formula is C20H21N5O2. The highest BCUT2D eigenvalue weighted by Gasteiger charge is 2.28. The fourth-order valence-corrected chi connectivity index (χ4v) is 3.22. The Hall–Kier alpha value is -3.22. The number of rotatable bonds is 6. The fraction of sp³-hybridized carbons (Fsp3) is 0.300. The highest BCUT2D eigenvalue weighted by atomic mass is 16.5. The number of hydrogen-bond acceptors (Lipinski definition) is 5. The van der Waals surface area contributed by atoms with Gasteiger partial charge in [0.15, 0.2) is 0 Å². The summed E-state index contributed by atoms with van der Waals surface area (Å²) in [6.45, 7) is 1.77. The number of carbonyl (C=O) groups is 1. The molecule has 0 saturated carbocycles. The normalized spacial score (nSPS) is 16.4. The van der Waals surface area contributed by atoms with Crippen LogP contribution in [0.25, 0.3) is 0 Å². The molecule has 138 valence electrons. The summed E-state index contributed by atoms with van der Waals surface area (Å²) in [7, 11) is 0. The molecule has 3 aromatic rings. The van der Waals surface area contributed by atoms with E-state index in [-0.39, 0.29) is 11.9 Å². The number of ether oxygens (including phenoxy) is 1. The fourth-order valence-electron chi connectivity index (χ4n) is 3.22. The molecule has 1 aliphatic heterocycles. The zero-order valence-electron chi connectivity index (χ0n) is 14.9. The highest BCUT2D eigenvalue weighted by Crippen LogP contribution is 2.22. The second kappa shape index (κ2) is 7.99. The largest absolute Gasteiger partial charge is 0.487 e. The van der Waals surface area contributed by atoms with Crippen LogP contribution in [0.4, 0.5) is 0 Å². The molecule has 2 aromatic heterocycles. The van der Waals surface area contributed by atoms with Crippen LogP contribution in [-0.4, -0.2) is 43.9 Å². The molecule has 1 fully saturated rings. The number of nitrogens with zero attached hydrogens (tertiary/aromatic N) is 5. The molecule has 0 spiro atoms. The summed E-state index contributed by atoms with van der Waals surface area (Å²) >= 11 is 0. The molecule has 0 aliphatic carbocycles. The van der Waals surface area contributed by atoms with Crippen LogP contribution in [0, 0.1) is 0 Å². The lowest BCUT2D eigenvalue weighted by molar-refractivity contribution is -0.129. The maximum Gasteiger partial charge on any atom is 0.227 e. The van der Waals surface area contributed by atoms with Gasteiger partial charge in [0.05, 0.1) is 18.7 Å². The predicted octanol–water partition coefficient (Wildman–Crippen LogP) is 2.27. The molecule has 1 amide bonds. The number of benzene rings is 1. The van der Waals surface area contributed by atoms with Gasteiger partial charge in [-0.3, -0.25) is 9.78 Å². The molecule has 7 heteroatoms. The quantitative estimate of drug-likeness (QED) is 0.672. The molecule has 0 radical (unpaired) electrons. The predicted molar refractivity (Wildman–Crippen MR) is 99.0 cm³/mol. The Morgan fingerprint density at radius 1 is 1.15 bits per heavy atom. The van der Waals surface area contributed by atoms with Gasteiger partial charge in [-0.05, 0) is 24.1 Å². The van der Waals surface area contributed by atoms with Gasteiger partial charge in [0.1, 0.15) is 18.1 Å². The standard InChI is InChI=1S/C20H21N5O2/c26-20(12-16-4-2-1-3-5-16)24-11-8-18(14-24)25-13-17(22-23-25)15-27-19-6-9-21-10-7-19/h1-7,9-10,13,18H,8,11-12,14-15H2. The van der Waals surface area contributed by atoms with Gasteiger partial charge in [-0.25, -0.2) is 4.68 Å². The van der Waals surface area contributed by atoms with Crippen LogP contribution in [-0.2, 0) is 17.8 Å². The van der Waals surface area contributed by atoms with Gasteiger partial charge in [0.25, 0.3) is 0 Å². The zero-order valence-corrected chi connectivity index (χ0v) is 14.9. The van der Waals surface area contributed by atoms with Crippen molar-refractivity contribution in [3.05, 3.63) is 72.3 Å². The summed E-state index contributed by atoms with van der Waals surface area (Å²) in [5.74, 6) is 0.906. The third kappa shape index (κ3) is 4.31. The van der Waals surface area contributed by atoms with E-state index in [1.54, 1.807) is 24.5 Å². The zero-order chi connectivity index (χ0) is 18.5. The van der Waals surface area contributed by atoms with Crippen molar-refractivity contribution in [2.75, 3.05) is 13.1 Å².